The van der Waals surface area contributed by atoms with Gasteiger partial charge in [0.15, 0.2) is 0 Å². The number of likely N-dealkylation sites (tertiary alicyclic amines) is 1. The number of likely N-dealkylation sites (N-methyl/N-ethyl adjacent to an activating group) is 1. The minimum atomic E-state index is -0.352. The van der Waals surface area contributed by atoms with Crippen LogP contribution in [0.3, 0.4) is 0 Å². The van der Waals surface area contributed by atoms with E-state index in [9.17, 15) is 9.18 Å². The molecule has 134 valence electrons. The Kier molecular flexibility index (Phi) is 5.65. The largest absolute Gasteiger partial charge is 0.487 e. The molecule has 1 aliphatic heterocycles. The highest BCUT2D eigenvalue weighted by Gasteiger charge is 2.23. The fourth-order valence-corrected chi connectivity index (χ4v) is 3.11. The first-order valence-electron chi connectivity index (χ1n) is 8.60. The van der Waals surface area contributed by atoms with Crippen LogP contribution in [-0.2, 0) is 6.61 Å². The fourth-order valence-electron chi connectivity index (χ4n) is 3.11. The van der Waals surface area contributed by atoms with Gasteiger partial charge in [-0.1, -0.05) is 13.0 Å². The van der Waals surface area contributed by atoms with E-state index in [1.165, 1.54) is 18.6 Å². The molecule has 1 fully saturated rings. The highest BCUT2D eigenvalue weighted by Crippen LogP contribution is 2.16. The smallest absolute Gasteiger partial charge is 0.271 e. The van der Waals surface area contributed by atoms with Crippen molar-refractivity contribution in [2.75, 3.05) is 19.6 Å². The summed E-state index contributed by atoms with van der Waals surface area (Å²) in [4.78, 5) is 14.6. The third kappa shape index (κ3) is 4.57. The highest BCUT2D eigenvalue weighted by atomic mass is 19.1. The second kappa shape index (κ2) is 8.11. The molecule has 2 N–H and O–H groups in total. The SMILES string of the molecule is CCN1CCC[C@H]1CNC(=O)c1cc(COc2cccc(F)c2)[nH]n1. The molecule has 25 heavy (non-hydrogen) atoms. The van der Waals surface area contributed by atoms with Crippen LogP contribution in [0, 0.1) is 5.82 Å². The first-order valence-corrected chi connectivity index (χ1v) is 8.60. The zero-order valence-corrected chi connectivity index (χ0v) is 14.3. The van der Waals surface area contributed by atoms with Crippen LogP contribution in [0.4, 0.5) is 4.39 Å². The van der Waals surface area contributed by atoms with Gasteiger partial charge in [0.2, 0.25) is 0 Å². The number of nitrogens with zero attached hydrogens (tertiary/aromatic N) is 2. The van der Waals surface area contributed by atoms with Gasteiger partial charge in [0.05, 0.1) is 5.69 Å². The van der Waals surface area contributed by atoms with Crippen molar-refractivity contribution in [3.63, 3.8) is 0 Å². The monoisotopic (exact) mass is 346 g/mol. The van der Waals surface area contributed by atoms with Crippen molar-refractivity contribution in [1.82, 2.24) is 20.4 Å². The zero-order valence-electron chi connectivity index (χ0n) is 14.3. The van der Waals surface area contributed by atoms with E-state index in [-0.39, 0.29) is 18.3 Å². The van der Waals surface area contributed by atoms with Crippen LogP contribution in [-0.4, -0.2) is 46.7 Å². The molecule has 1 aromatic carbocycles. The maximum atomic E-state index is 13.1. The Morgan fingerprint density at radius 1 is 1.48 bits per heavy atom. The number of carbonyl (C=O) groups excluding carboxylic acids is 1. The van der Waals surface area contributed by atoms with E-state index in [0.29, 0.717) is 29.7 Å². The molecule has 0 aliphatic carbocycles. The average molecular weight is 346 g/mol. The van der Waals surface area contributed by atoms with Crippen molar-refractivity contribution in [3.8, 4) is 5.75 Å². The molecule has 0 unspecified atom stereocenters. The van der Waals surface area contributed by atoms with Gasteiger partial charge >= 0.3 is 0 Å². The zero-order chi connectivity index (χ0) is 17.6. The molecule has 0 bridgehead atoms. The Labute approximate surface area is 146 Å². The molecule has 1 aliphatic rings. The summed E-state index contributed by atoms with van der Waals surface area (Å²) in [5, 5.41) is 9.75. The van der Waals surface area contributed by atoms with Crippen molar-refractivity contribution in [1.29, 1.82) is 0 Å². The quantitative estimate of drug-likeness (QED) is 0.807. The fraction of sp³-hybridized carbons (Fsp3) is 0.444. The standard InChI is InChI=1S/C18H23FN4O2/c1-2-23-8-4-6-15(23)11-20-18(24)17-10-14(21-22-17)12-25-16-7-3-5-13(19)9-16/h3,5,7,9-10,15H,2,4,6,8,11-12H2,1H3,(H,20,24)(H,21,22)/t15-/m0/s1. The van der Waals surface area contributed by atoms with Crippen LogP contribution < -0.4 is 10.1 Å². The summed E-state index contributed by atoms with van der Waals surface area (Å²) in [6, 6.07) is 7.98. The Hall–Kier alpha value is -2.41. The Morgan fingerprint density at radius 2 is 2.36 bits per heavy atom. The van der Waals surface area contributed by atoms with Crippen molar-refractivity contribution in [2.45, 2.75) is 32.4 Å². The lowest BCUT2D eigenvalue weighted by Crippen LogP contribution is -2.40. The Morgan fingerprint density at radius 3 is 3.16 bits per heavy atom. The van der Waals surface area contributed by atoms with Crippen molar-refractivity contribution in [3.05, 3.63) is 47.5 Å². The van der Waals surface area contributed by atoms with Crippen LogP contribution in [0.15, 0.2) is 30.3 Å². The molecule has 1 saturated heterocycles. The number of carbonyl (C=O) groups is 1. The van der Waals surface area contributed by atoms with E-state index in [2.05, 4.69) is 27.3 Å². The first-order chi connectivity index (χ1) is 12.2. The van der Waals surface area contributed by atoms with E-state index in [1.54, 1.807) is 18.2 Å². The summed E-state index contributed by atoms with van der Waals surface area (Å²) in [6.45, 7) is 5.06. The number of ether oxygens (including phenoxy) is 1. The lowest BCUT2D eigenvalue weighted by Gasteiger charge is -2.22. The first kappa shape index (κ1) is 17.4. The van der Waals surface area contributed by atoms with Crippen molar-refractivity contribution < 1.29 is 13.9 Å². The summed E-state index contributed by atoms with van der Waals surface area (Å²) >= 11 is 0. The number of benzene rings is 1. The second-order valence-electron chi connectivity index (χ2n) is 6.16. The molecular formula is C18H23FN4O2. The summed E-state index contributed by atoms with van der Waals surface area (Å²) < 4.78 is 18.6. The van der Waals surface area contributed by atoms with Gasteiger partial charge in [0, 0.05) is 18.7 Å². The summed E-state index contributed by atoms with van der Waals surface area (Å²) in [5.41, 5.74) is 0.990. The number of amides is 1. The third-order valence-corrected chi connectivity index (χ3v) is 4.46. The lowest BCUT2D eigenvalue weighted by atomic mass is 10.2. The van der Waals surface area contributed by atoms with Gasteiger partial charge in [0.1, 0.15) is 23.9 Å². The van der Waals surface area contributed by atoms with Crippen molar-refractivity contribution in [2.24, 2.45) is 0 Å². The molecule has 2 heterocycles. The Bertz CT molecular complexity index is 719. The van der Waals surface area contributed by atoms with Crippen LogP contribution in [0.25, 0.3) is 0 Å². The molecule has 3 rings (SSSR count). The van der Waals surface area contributed by atoms with E-state index in [4.69, 9.17) is 4.74 Å². The van der Waals surface area contributed by atoms with Gasteiger partial charge < -0.3 is 10.1 Å². The average Bonchev–Trinajstić information content (AvgIpc) is 3.27. The summed E-state index contributed by atoms with van der Waals surface area (Å²) in [6.07, 6.45) is 2.29. The van der Waals surface area contributed by atoms with Crippen LogP contribution >= 0.6 is 0 Å². The molecule has 6 nitrogen and oxygen atoms in total. The molecule has 0 saturated carbocycles. The van der Waals surface area contributed by atoms with Gasteiger partial charge in [-0.2, -0.15) is 5.10 Å². The van der Waals surface area contributed by atoms with E-state index >= 15 is 0 Å². The predicted octanol–water partition coefficient (Wildman–Crippen LogP) is 2.34. The number of aromatic amines is 1. The number of rotatable bonds is 7. The molecule has 1 atom stereocenters. The van der Waals surface area contributed by atoms with E-state index in [0.717, 1.165) is 19.5 Å². The molecule has 1 aromatic heterocycles. The maximum Gasteiger partial charge on any atom is 0.271 e. The third-order valence-electron chi connectivity index (χ3n) is 4.46. The number of aromatic nitrogens is 2. The number of hydrogen-bond acceptors (Lipinski definition) is 4. The molecule has 0 radical (unpaired) electrons. The van der Waals surface area contributed by atoms with E-state index < -0.39 is 0 Å². The highest BCUT2D eigenvalue weighted by molar-refractivity contribution is 5.92. The minimum absolute atomic E-state index is 0.190. The van der Waals surface area contributed by atoms with E-state index in [1.807, 2.05) is 0 Å². The lowest BCUT2D eigenvalue weighted by molar-refractivity contribution is 0.0936. The minimum Gasteiger partial charge on any atom is -0.487 e. The van der Waals surface area contributed by atoms with Crippen LogP contribution in [0.5, 0.6) is 5.75 Å². The second-order valence-corrected chi connectivity index (χ2v) is 6.16. The van der Waals surface area contributed by atoms with Crippen LogP contribution in [0.2, 0.25) is 0 Å². The molecule has 2 aromatic rings. The molecular weight excluding hydrogens is 323 g/mol. The number of halogens is 1. The van der Waals surface area contributed by atoms with Crippen LogP contribution in [0.1, 0.15) is 35.9 Å². The molecule has 0 spiro atoms. The Balaban J connectivity index is 1.49. The van der Waals surface area contributed by atoms with Gasteiger partial charge in [0.25, 0.3) is 5.91 Å². The topological polar surface area (TPSA) is 70.2 Å². The van der Waals surface area contributed by atoms with Gasteiger partial charge in [-0.15, -0.1) is 0 Å². The summed E-state index contributed by atoms with van der Waals surface area (Å²) in [7, 11) is 0. The van der Waals surface area contributed by atoms with Crippen molar-refractivity contribution >= 4 is 5.91 Å². The molecule has 7 heteroatoms. The van der Waals surface area contributed by atoms with Gasteiger partial charge in [-0.3, -0.25) is 14.8 Å². The number of hydrogen-bond donors (Lipinski definition) is 2. The number of H-pyrrole nitrogens is 1. The predicted molar refractivity (Wildman–Crippen MR) is 91.9 cm³/mol. The van der Waals surface area contributed by atoms with Gasteiger partial charge in [-0.05, 0) is 44.1 Å². The normalized spacial score (nSPS) is 17.6. The summed E-state index contributed by atoms with van der Waals surface area (Å²) in [5.74, 6) is -0.118. The maximum absolute atomic E-state index is 13.1. The molecule has 1 amide bonds. The van der Waals surface area contributed by atoms with Gasteiger partial charge in [-0.25, -0.2) is 4.39 Å². The number of nitrogens with one attached hydrogen (secondary N) is 2.